The summed E-state index contributed by atoms with van der Waals surface area (Å²) in [6.07, 6.45) is 2.55. The molecule has 0 saturated carbocycles. The maximum absolute atomic E-state index is 14.4. The number of nitrogens with zero attached hydrogens (tertiary/aromatic N) is 3. The van der Waals surface area contributed by atoms with Crippen LogP contribution in [0.2, 0.25) is 0 Å². The number of carbonyl (C=O) groups excluding carboxylic acids is 5. The normalized spacial score (nSPS) is 19.9. The SMILES string of the molecule is CN[C@H](C(=O)N[C@H](C(=O)N(C)[C@H](C(=O)N1CCC[C@H]1C(=O)NC(=O)[C@@H]1CCCN1Cc1ccccc1)C(C)C)C(C)(C)C)C(C)(C)c1ccccc1. The molecule has 5 atom stereocenters. The van der Waals surface area contributed by atoms with Crippen molar-refractivity contribution in [3.63, 3.8) is 0 Å². The highest BCUT2D eigenvalue weighted by Gasteiger charge is 2.45. The molecule has 0 radical (unpaired) electrons. The van der Waals surface area contributed by atoms with Crippen LogP contribution in [-0.4, -0.2) is 102 Å². The van der Waals surface area contributed by atoms with Crippen molar-refractivity contribution in [2.45, 2.75) is 116 Å². The highest BCUT2D eigenvalue weighted by atomic mass is 16.2. The molecule has 2 aromatic carbocycles. The number of imide groups is 1. The summed E-state index contributed by atoms with van der Waals surface area (Å²) < 4.78 is 0. The van der Waals surface area contributed by atoms with Crippen LogP contribution in [0.15, 0.2) is 60.7 Å². The molecule has 2 heterocycles. The molecule has 0 aliphatic carbocycles. The van der Waals surface area contributed by atoms with Gasteiger partial charge in [0.05, 0.1) is 12.1 Å². The van der Waals surface area contributed by atoms with Gasteiger partial charge in [0, 0.05) is 25.6 Å². The first-order valence-electron chi connectivity index (χ1n) is 18.7. The van der Waals surface area contributed by atoms with E-state index in [2.05, 4.69) is 20.9 Å². The Morgan fingerprint density at radius 2 is 1.37 bits per heavy atom. The van der Waals surface area contributed by atoms with E-state index in [1.165, 1.54) is 9.80 Å². The Bertz CT molecular complexity index is 1560. The van der Waals surface area contributed by atoms with Crippen LogP contribution in [0.1, 0.15) is 85.3 Å². The minimum Gasteiger partial charge on any atom is -0.342 e. The summed E-state index contributed by atoms with van der Waals surface area (Å²) in [5.41, 5.74) is 0.791. The van der Waals surface area contributed by atoms with E-state index in [-0.39, 0.29) is 23.6 Å². The van der Waals surface area contributed by atoms with Gasteiger partial charge in [-0.2, -0.15) is 0 Å². The molecule has 11 heteroatoms. The van der Waals surface area contributed by atoms with Gasteiger partial charge in [-0.3, -0.25) is 34.2 Å². The van der Waals surface area contributed by atoms with Crippen LogP contribution < -0.4 is 16.0 Å². The number of nitrogens with one attached hydrogen (secondary N) is 3. The van der Waals surface area contributed by atoms with Crippen LogP contribution in [0.4, 0.5) is 0 Å². The highest BCUT2D eigenvalue weighted by Crippen LogP contribution is 2.30. The third kappa shape index (κ3) is 9.28. The third-order valence-electron chi connectivity index (χ3n) is 10.8. The third-order valence-corrected chi connectivity index (χ3v) is 10.8. The Labute approximate surface area is 310 Å². The van der Waals surface area contributed by atoms with E-state index in [0.717, 1.165) is 24.1 Å². The number of amides is 5. The number of rotatable bonds is 13. The van der Waals surface area contributed by atoms with Crippen LogP contribution >= 0.6 is 0 Å². The van der Waals surface area contributed by atoms with Crippen LogP contribution in [0.5, 0.6) is 0 Å². The van der Waals surface area contributed by atoms with Gasteiger partial charge in [-0.05, 0) is 61.7 Å². The summed E-state index contributed by atoms with van der Waals surface area (Å²) in [7, 11) is 3.32. The molecule has 0 unspecified atom stereocenters. The molecule has 2 aliphatic rings. The fourth-order valence-electron chi connectivity index (χ4n) is 7.86. The quantitative estimate of drug-likeness (QED) is 0.269. The van der Waals surface area contributed by atoms with Crippen molar-refractivity contribution in [3.05, 3.63) is 71.8 Å². The Kier molecular flexibility index (Phi) is 13.4. The van der Waals surface area contributed by atoms with Crippen LogP contribution in [0, 0.1) is 11.3 Å². The van der Waals surface area contributed by atoms with Gasteiger partial charge in [0.25, 0.3) is 0 Å². The standard InChI is InChI=1S/C41H60N6O5/c1-27(2)32(45(9)39(52)34(40(3,4)5)43-37(50)33(42-8)41(6,7)29-20-14-11-15-21-29)38(51)47-25-17-23-31(47)36(49)44-35(48)30-22-16-24-46(30)26-28-18-12-10-13-19-28/h10-15,18-21,27,30-34,42H,16-17,22-26H2,1-9H3,(H,43,50)(H,44,48,49)/t30-,31-,32-,33+,34+/m0/s1. The topological polar surface area (TPSA) is 131 Å². The lowest BCUT2D eigenvalue weighted by molar-refractivity contribution is -0.152. The van der Waals surface area contributed by atoms with Gasteiger partial charge in [0.15, 0.2) is 0 Å². The van der Waals surface area contributed by atoms with Crippen molar-refractivity contribution >= 4 is 29.5 Å². The van der Waals surface area contributed by atoms with Gasteiger partial charge in [-0.15, -0.1) is 0 Å². The lowest BCUT2D eigenvalue weighted by atomic mass is 9.76. The minimum atomic E-state index is -0.943. The Hall–Kier alpha value is -4.09. The Balaban J connectivity index is 1.47. The summed E-state index contributed by atoms with van der Waals surface area (Å²) in [6.45, 7) is 15.1. The number of hydrogen-bond donors (Lipinski definition) is 3. The number of hydrogen-bond acceptors (Lipinski definition) is 7. The van der Waals surface area contributed by atoms with Crippen molar-refractivity contribution in [2.24, 2.45) is 11.3 Å². The second-order valence-corrected chi connectivity index (χ2v) is 16.4. The predicted octanol–water partition coefficient (Wildman–Crippen LogP) is 3.86. The van der Waals surface area contributed by atoms with Gasteiger partial charge < -0.3 is 20.4 Å². The number of likely N-dealkylation sites (N-methyl/N-ethyl adjacent to an activating group) is 2. The van der Waals surface area contributed by atoms with E-state index in [0.29, 0.717) is 32.4 Å². The zero-order valence-corrected chi connectivity index (χ0v) is 32.6. The molecule has 11 nitrogen and oxygen atoms in total. The monoisotopic (exact) mass is 716 g/mol. The summed E-state index contributed by atoms with van der Waals surface area (Å²) in [4.78, 5) is 74.8. The first-order chi connectivity index (χ1) is 24.5. The molecule has 0 aromatic heterocycles. The average molecular weight is 717 g/mol. The van der Waals surface area contributed by atoms with Crippen molar-refractivity contribution < 1.29 is 24.0 Å². The van der Waals surface area contributed by atoms with E-state index in [9.17, 15) is 24.0 Å². The average Bonchev–Trinajstić information content (AvgIpc) is 3.78. The van der Waals surface area contributed by atoms with Crippen molar-refractivity contribution in [1.82, 2.24) is 30.7 Å². The molecule has 0 bridgehead atoms. The zero-order valence-electron chi connectivity index (χ0n) is 32.6. The maximum Gasteiger partial charge on any atom is 0.249 e. The molecular formula is C41H60N6O5. The molecule has 4 rings (SSSR count). The van der Waals surface area contributed by atoms with Crippen molar-refractivity contribution in [2.75, 3.05) is 27.2 Å². The first-order valence-corrected chi connectivity index (χ1v) is 18.7. The summed E-state index contributed by atoms with van der Waals surface area (Å²) >= 11 is 0. The fourth-order valence-corrected chi connectivity index (χ4v) is 7.86. The molecule has 0 spiro atoms. The van der Waals surface area contributed by atoms with Crippen molar-refractivity contribution in [1.29, 1.82) is 0 Å². The predicted molar refractivity (Wildman–Crippen MR) is 203 cm³/mol. The van der Waals surface area contributed by atoms with Gasteiger partial charge in [-0.1, -0.05) is 109 Å². The maximum atomic E-state index is 14.4. The fraction of sp³-hybridized carbons (Fsp3) is 0.585. The second kappa shape index (κ2) is 17.2. The van der Waals surface area contributed by atoms with E-state index in [1.807, 2.05) is 109 Å². The molecule has 2 saturated heterocycles. The molecule has 284 valence electrons. The smallest absolute Gasteiger partial charge is 0.249 e. The van der Waals surface area contributed by atoms with Crippen LogP contribution in [0.25, 0.3) is 0 Å². The summed E-state index contributed by atoms with van der Waals surface area (Å²) in [6, 6.07) is 16.0. The van der Waals surface area contributed by atoms with E-state index in [4.69, 9.17) is 0 Å². The highest BCUT2D eigenvalue weighted by molar-refractivity contribution is 6.02. The molecular weight excluding hydrogens is 656 g/mol. The lowest BCUT2D eigenvalue weighted by Crippen LogP contribution is -2.63. The molecule has 52 heavy (non-hydrogen) atoms. The van der Waals surface area contributed by atoms with Gasteiger partial charge in [0.2, 0.25) is 29.5 Å². The first kappa shape index (κ1) is 40.7. The molecule has 2 aromatic rings. The van der Waals surface area contributed by atoms with Crippen LogP contribution in [0.3, 0.4) is 0 Å². The van der Waals surface area contributed by atoms with Gasteiger partial charge in [-0.25, -0.2) is 0 Å². The Morgan fingerprint density at radius 3 is 1.94 bits per heavy atom. The number of benzene rings is 2. The second-order valence-electron chi connectivity index (χ2n) is 16.4. The molecule has 3 N–H and O–H groups in total. The number of carbonyl (C=O) groups is 5. The lowest BCUT2D eigenvalue weighted by Gasteiger charge is -2.41. The van der Waals surface area contributed by atoms with E-state index in [1.54, 1.807) is 14.1 Å². The molecule has 2 aliphatic heterocycles. The number of likely N-dealkylation sites (tertiary alicyclic amines) is 2. The minimum absolute atomic E-state index is 0.296. The molecule has 2 fully saturated rings. The van der Waals surface area contributed by atoms with Crippen LogP contribution in [-0.2, 0) is 35.9 Å². The Morgan fingerprint density at radius 1 is 0.808 bits per heavy atom. The molecule has 5 amide bonds. The van der Waals surface area contributed by atoms with E-state index >= 15 is 0 Å². The van der Waals surface area contributed by atoms with E-state index < -0.39 is 52.9 Å². The van der Waals surface area contributed by atoms with Gasteiger partial charge in [0.1, 0.15) is 18.1 Å². The van der Waals surface area contributed by atoms with Crippen molar-refractivity contribution in [3.8, 4) is 0 Å². The zero-order chi connectivity index (χ0) is 38.4. The summed E-state index contributed by atoms with van der Waals surface area (Å²) in [5.74, 6) is -2.19. The van der Waals surface area contributed by atoms with Gasteiger partial charge >= 0.3 is 0 Å². The summed E-state index contributed by atoms with van der Waals surface area (Å²) in [5, 5.41) is 8.83. The largest absolute Gasteiger partial charge is 0.342 e.